The number of carbonyl (C=O) groups is 2. The number of hydrogen-bond acceptors (Lipinski definition) is 4. The zero-order chi connectivity index (χ0) is 23.0. The molecule has 1 saturated heterocycles. The van der Waals surface area contributed by atoms with Crippen LogP contribution in [0.3, 0.4) is 0 Å². The van der Waals surface area contributed by atoms with Crippen molar-refractivity contribution in [2.45, 2.75) is 32.6 Å². The van der Waals surface area contributed by atoms with Gasteiger partial charge in [0.05, 0.1) is 13.1 Å². The van der Waals surface area contributed by atoms with Crippen LogP contribution < -0.4 is 16.4 Å². The van der Waals surface area contributed by atoms with Gasteiger partial charge in [-0.3, -0.25) is 14.5 Å². The van der Waals surface area contributed by atoms with Gasteiger partial charge in [-0.1, -0.05) is 12.1 Å². The van der Waals surface area contributed by atoms with Crippen molar-refractivity contribution in [2.75, 3.05) is 39.3 Å². The molecule has 0 bridgehead atoms. The van der Waals surface area contributed by atoms with Crippen LogP contribution in [-0.2, 0) is 11.3 Å². The van der Waals surface area contributed by atoms with Crippen molar-refractivity contribution in [3.05, 3.63) is 35.4 Å². The maximum Gasteiger partial charge on any atom is 0.403 e. The number of piperazine rings is 1. The largest absolute Gasteiger partial charge is 0.403 e. The first-order valence-electron chi connectivity index (χ1n) is 10.1. The Morgan fingerprint density at radius 2 is 1.72 bits per heavy atom. The van der Waals surface area contributed by atoms with E-state index in [2.05, 4.69) is 15.6 Å². The maximum absolute atomic E-state index is 12.9. The van der Waals surface area contributed by atoms with Crippen molar-refractivity contribution >= 4 is 41.8 Å². The lowest BCUT2D eigenvalue weighted by Gasteiger charge is -2.39. The summed E-state index contributed by atoms with van der Waals surface area (Å²) in [4.78, 5) is 30.6. The van der Waals surface area contributed by atoms with Crippen molar-refractivity contribution in [1.82, 2.24) is 20.4 Å². The number of primary amides is 1. The molecule has 2 rings (SSSR count). The van der Waals surface area contributed by atoms with Gasteiger partial charge in [0.15, 0.2) is 5.96 Å². The monoisotopic (exact) mass is 570 g/mol. The Labute approximate surface area is 202 Å². The highest BCUT2D eigenvalue weighted by Gasteiger charge is 2.41. The van der Waals surface area contributed by atoms with Crippen LogP contribution in [0, 0.1) is 0 Å². The summed E-state index contributed by atoms with van der Waals surface area (Å²) in [5.74, 6) is -0.373. The molecule has 0 radical (unpaired) electrons. The number of aliphatic imine (C=N–C) groups is 1. The Hall–Kier alpha value is -2.09. The Kier molecular flexibility index (Phi) is 11.2. The molecular weight excluding hydrogens is 540 g/mol. The molecule has 180 valence electrons. The number of nitrogens with zero attached hydrogens (tertiary/aromatic N) is 3. The Morgan fingerprint density at radius 3 is 2.22 bits per heavy atom. The first kappa shape index (κ1) is 27.9. The number of carbonyl (C=O) groups excluding carboxylic acids is 2. The maximum atomic E-state index is 12.9. The third-order valence-electron chi connectivity index (χ3n) is 5.02. The van der Waals surface area contributed by atoms with E-state index in [-0.39, 0.29) is 30.5 Å². The molecule has 12 heteroatoms. The number of halogens is 4. The standard InChI is InChI=1S/C20H29F3N6O2.HI/c1-3-25-19(29-10-8-28(9-11-29)14(2)20(21,22)23)27-12-15-4-6-16(7-5-15)18(31)26-13-17(24)30;/h4-7,14H,3,8-13H2,1-2H3,(H2,24,30)(H,25,27)(H,26,31);1H. The molecule has 0 aromatic heterocycles. The Bertz CT molecular complexity index is 781. The second-order valence-electron chi connectivity index (χ2n) is 7.26. The van der Waals surface area contributed by atoms with Crippen LogP contribution in [0.5, 0.6) is 0 Å². The quantitative estimate of drug-likeness (QED) is 0.263. The van der Waals surface area contributed by atoms with Crippen LogP contribution in [0.15, 0.2) is 29.3 Å². The van der Waals surface area contributed by atoms with E-state index in [0.717, 1.165) is 5.56 Å². The first-order chi connectivity index (χ1) is 14.6. The van der Waals surface area contributed by atoms with Gasteiger partial charge in [-0.15, -0.1) is 24.0 Å². The summed E-state index contributed by atoms with van der Waals surface area (Å²) in [6, 6.07) is 5.31. The molecule has 32 heavy (non-hydrogen) atoms. The topological polar surface area (TPSA) is 103 Å². The van der Waals surface area contributed by atoms with Crippen LogP contribution >= 0.6 is 24.0 Å². The number of alkyl halides is 3. The average molecular weight is 570 g/mol. The summed E-state index contributed by atoms with van der Waals surface area (Å²) in [7, 11) is 0. The molecule has 1 fully saturated rings. The lowest BCUT2D eigenvalue weighted by molar-refractivity contribution is -0.181. The van der Waals surface area contributed by atoms with E-state index >= 15 is 0 Å². The third kappa shape index (κ3) is 8.45. The predicted molar refractivity (Wildman–Crippen MR) is 127 cm³/mol. The molecule has 0 saturated carbocycles. The van der Waals surface area contributed by atoms with Crippen molar-refractivity contribution in [1.29, 1.82) is 0 Å². The molecule has 1 atom stereocenters. The highest BCUT2D eigenvalue weighted by Crippen LogP contribution is 2.25. The lowest BCUT2D eigenvalue weighted by Crippen LogP contribution is -2.56. The summed E-state index contributed by atoms with van der Waals surface area (Å²) in [5.41, 5.74) is 6.27. The van der Waals surface area contributed by atoms with Crippen molar-refractivity contribution in [2.24, 2.45) is 10.7 Å². The van der Waals surface area contributed by atoms with Gasteiger partial charge in [-0.2, -0.15) is 13.2 Å². The van der Waals surface area contributed by atoms with E-state index in [1.807, 2.05) is 11.8 Å². The summed E-state index contributed by atoms with van der Waals surface area (Å²) < 4.78 is 38.8. The molecule has 2 amide bonds. The van der Waals surface area contributed by atoms with E-state index in [1.165, 1.54) is 11.8 Å². The van der Waals surface area contributed by atoms with E-state index in [4.69, 9.17) is 5.73 Å². The molecule has 4 N–H and O–H groups in total. The third-order valence-corrected chi connectivity index (χ3v) is 5.02. The number of amides is 2. The van der Waals surface area contributed by atoms with Crippen LogP contribution in [0.4, 0.5) is 13.2 Å². The lowest BCUT2D eigenvalue weighted by atomic mass is 10.1. The fourth-order valence-electron chi connectivity index (χ4n) is 3.15. The molecule has 0 aliphatic carbocycles. The van der Waals surface area contributed by atoms with E-state index in [1.54, 1.807) is 24.3 Å². The van der Waals surface area contributed by atoms with E-state index < -0.39 is 24.0 Å². The molecule has 1 aromatic carbocycles. The number of nitrogens with two attached hydrogens (primary N) is 1. The normalized spacial score (nSPS) is 16.2. The van der Waals surface area contributed by atoms with Crippen LogP contribution in [-0.4, -0.2) is 79.1 Å². The van der Waals surface area contributed by atoms with Crippen molar-refractivity contribution < 1.29 is 22.8 Å². The second-order valence-corrected chi connectivity index (χ2v) is 7.26. The average Bonchev–Trinajstić information content (AvgIpc) is 2.74. The minimum Gasteiger partial charge on any atom is -0.368 e. The number of rotatable bonds is 7. The highest BCUT2D eigenvalue weighted by molar-refractivity contribution is 14.0. The van der Waals surface area contributed by atoms with Gasteiger partial charge in [0.25, 0.3) is 5.91 Å². The Morgan fingerprint density at radius 1 is 1.12 bits per heavy atom. The molecule has 1 heterocycles. The minimum atomic E-state index is -4.23. The SMILES string of the molecule is CCNC(=NCc1ccc(C(=O)NCC(N)=O)cc1)N1CCN(C(C)C(F)(F)F)CC1.I. The molecule has 1 aromatic rings. The summed E-state index contributed by atoms with van der Waals surface area (Å²) >= 11 is 0. The fraction of sp³-hybridized carbons (Fsp3) is 0.550. The van der Waals surface area contributed by atoms with Gasteiger partial charge in [0.2, 0.25) is 5.91 Å². The molecule has 8 nitrogen and oxygen atoms in total. The molecular formula is C20H30F3IN6O2. The van der Waals surface area contributed by atoms with Gasteiger partial charge < -0.3 is 21.3 Å². The van der Waals surface area contributed by atoms with Crippen LogP contribution in [0.2, 0.25) is 0 Å². The summed E-state index contributed by atoms with van der Waals surface area (Å²) in [6.45, 7) is 5.38. The highest BCUT2D eigenvalue weighted by atomic mass is 127. The fourth-order valence-corrected chi connectivity index (χ4v) is 3.15. The molecule has 1 aliphatic heterocycles. The molecule has 1 aliphatic rings. The van der Waals surface area contributed by atoms with Gasteiger partial charge in [-0.05, 0) is 31.5 Å². The number of guanidine groups is 1. The zero-order valence-electron chi connectivity index (χ0n) is 18.1. The van der Waals surface area contributed by atoms with E-state index in [9.17, 15) is 22.8 Å². The molecule has 0 spiro atoms. The summed E-state index contributed by atoms with van der Waals surface area (Å²) in [6.07, 6.45) is -4.23. The van der Waals surface area contributed by atoms with Crippen LogP contribution in [0.1, 0.15) is 29.8 Å². The van der Waals surface area contributed by atoms with Crippen molar-refractivity contribution in [3.8, 4) is 0 Å². The predicted octanol–water partition coefficient (Wildman–Crippen LogP) is 1.55. The smallest absolute Gasteiger partial charge is 0.368 e. The summed E-state index contributed by atoms with van der Waals surface area (Å²) in [5, 5.41) is 5.60. The number of nitrogens with one attached hydrogen (secondary N) is 2. The van der Waals surface area contributed by atoms with Gasteiger partial charge in [0, 0.05) is 38.3 Å². The van der Waals surface area contributed by atoms with E-state index in [0.29, 0.717) is 50.8 Å². The van der Waals surface area contributed by atoms with Crippen molar-refractivity contribution in [3.63, 3.8) is 0 Å². The number of benzene rings is 1. The first-order valence-corrected chi connectivity index (χ1v) is 10.1. The second kappa shape index (κ2) is 12.8. The number of hydrogen-bond donors (Lipinski definition) is 3. The Balaban J connectivity index is 0.00000512. The van der Waals surface area contributed by atoms with Gasteiger partial charge in [0.1, 0.15) is 6.04 Å². The zero-order valence-corrected chi connectivity index (χ0v) is 20.4. The van der Waals surface area contributed by atoms with Gasteiger partial charge >= 0.3 is 6.18 Å². The van der Waals surface area contributed by atoms with Crippen LogP contribution in [0.25, 0.3) is 0 Å². The molecule has 1 unspecified atom stereocenters. The van der Waals surface area contributed by atoms with Gasteiger partial charge in [-0.25, -0.2) is 4.99 Å². The minimum absolute atomic E-state index is 0.